The Morgan fingerprint density at radius 2 is 1.71 bits per heavy atom. The van der Waals surface area contributed by atoms with Crippen LogP contribution >= 0.6 is 0 Å². The van der Waals surface area contributed by atoms with Crippen molar-refractivity contribution in [3.05, 3.63) is 90.5 Å². The van der Waals surface area contributed by atoms with Crippen molar-refractivity contribution in [3.63, 3.8) is 0 Å². The van der Waals surface area contributed by atoms with Gasteiger partial charge in [-0.05, 0) is 73.3 Å². The minimum atomic E-state index is -1.000. The Morgan fingerprint density at radius 1 is 1.00 bits per heavy atom. The molecule has 0 aliphatic carbocycles. The van der Waals surface area contributed by atoms with Gasteiger partial charge in [0.15, 0.2) is 6.61 Å². The summed E-state index contributed by atoms with van der Waals surface area (Å²) in [5, 5.41) is 11.0. The van der Waals surface area contributed by atoms with E-state index in [0.717, 1.165) is 22.1 Å². The summed E-state index contributed by atoms with van der Waals surface area (Å²) in [6.45, 7) is 2.27. The summed E-state index contributed by atoms with van der Waals surface area (Å²) in [6, 6.07) is 20.3. The Morgan fingerprint density at radius 3 is 2.38 bits per heavy atom. The van der Waals surface area contributed by atoms with E-state index in [1.54, 1.807) is 12.1 Å². The highest BCUT2D eigenvalue weighted by atomic mass is 16.5. The normalized spacial score (nSPS) is 13.1. The molecule has 0 saturated carbocycles. The van der Waals surface area contributed by atoms with Gasteiger partial charge in [-0.1, -0.05) is 30.3 Å². The molecule has 0 saturated heterocycles. The standard InChI is InChI=1S/C27H29N3O4/c1-19(29(2)3)27(30-13-12-28-18-30)23-7-6-22-15-25(11-8-21(22)14-23)33-16-20-4-9-24(10-5-20)34-17-26(31)32/h4-15,18-19,27H,16-17H2,1-3H3,(H,31,32). The molecule has 2 atom stereocenters. The van der Waals surface area contributed by atoms with Crippen LogP contribution < -0.4 is 9.47 Å². The third-order valence-corrected chi connectivity index (χ3v) is 5.99. The number of imidazole rings is 1. The summed E-state index contributed by atoms with van der Waals surface area (Å²) in [5.74, 6) is 0.310. The second-order valence-corrected chi connectivity index (χ2v) is 8.54. The maximum absolute atomic E-state index is 10.6. The maximum Gasteiger partial charge on any atom is 0.341 e. The van der Waals surface area contributed by atoms with Gasteiger partial charge in [-0.25, -0.2) is 9.78 Å². The van der Waals surface area contributed by atoms with E-state index in [2.05, 4.69) is 59.7 Å². The molecule has 0 aliphatic heterocycles. The Hall–Kier alpha value is -3.84. The average Bonchev–Trinajstić information content (AvgIpc) is 3.36. The summed E-state index contributed by atoms with van der Waals surface area (Å²) >= 11 is 0. The van der Waals surface area contributed by atoms with E-state index in [-0.39, 0.29) is 18.7 Å². The van der Waals surface area contributed by atoms with E-state index in [4.69, 9.17) is 14.6 Å². The number of carbonyl (C=O) groups is 1. The van der Waals surface area contributed by atoms with E-state index in [1.165, 1.54) is 5.56 Å². The minimum Gasteiger partial charge on any atom is -0.489 e. The molecule has 1 N–H and O–H groups in total. The minimum absolute atomic E-state index is 0.153. The Kier molecular flexibility index (Phi) is 7.13. The number of ether oxygens (including phenoxy) is 2. The van der Waals surface area contributed by atoms with Crippen molar-refractivity contribution in [1.82, 2.24) is 14.5 Å². The molecule has 176 valence electrons. The fourth-order valence-corrected chi connectivity index (χ4v) is 3.93. The Bertz CT molecular complexity index is 1240. The SMILES string of the molecule is CC(C(c1ccc2cc(OCc3ccc(OCC(=O)O)cc3)ccc2c1)n1ccnc1)N(C)C. The monoisotopic (exact) mass is 459 g/mol. The zero-order chi connectivity index (χ0) is 24.1. The van der Waals surface area contributed by atoms with Crippen LogP contribution in [0.5, 0.6) is 11.5 Å². The molecule has 34 heavy (non-hydrogen) atoms. The lowest BCUT2D eigenvalue weighted by atomic mass is 9.96. The van der Waals surface area contributed by atoms with Crippen molar-refractivity contribution in [2.24, 2.45) is 0 Å². The molecule has 3 aromatic carbocycles. The Labute approximate surface area is 199 Å². The summed E-state index contributed by atoms with van der Waals surface area (Å²) in [4.78, 5) is 17.1. The van der Waals surface area contributed by atoms with E-state index in [0.29, 0.717) is 12.4 Å². The van der Waals surface area contributed by atoms with Gasteiger partial charge < -0.3 is 24.0 Å². The highest BCUT2D eigenvalue weighted by Crippen LogP contribution is 2.29. The molecule has 4 aromatic rings. The predicted molar refractivity (Wildman–Crippen MR) is 131 cm³/mol. The number of nitrogens with zero attached hydrogens (tertiary/aromatic N) is 3. The molecule has 0 spiro atoms. The molecule has 1 heterocycles. The molecule has 0 aliphatic rings. The number of benzene rings is 3. The van der Waals surface area contributed by atoms with Crippen LogP contribution in [0.2, 0.25) is 0 Å². The summed E-state index contributed by atoms with van der Waals surface area (Å²) < 4.78 is 13.3. The molecule has 0 radical (unpaired) electrons. The lowest BCUT2D eigenvalue weighted by Crippen LogP contribution is -2.34. The largest absolute Gasteiger partial charge is 0.489 e. The van der Waals surface area contributed by atoms with E-state index >= 15 is 0 Å². The van der Waals surface area contributed by atoms with Gasteiger partial charge in [-0.15, -0.1) is 0 Å². The number of rotatable bonds is 10. The van der Waals surface area contributed by atoms with Gasteiger partial charge in [-0.2, -0.15) is 0 Å². The molecule has 1 aromatic heterocycles. The van der Waals surface area contributed by atoms with Gasteiger partial charge in [0, 0.05) is 18.4 Å². The number of carboxylic acids is 1. The van der Waals surface area contributed by atoms with Gasteiger partial charge in [0.2, 0.25) is 0 Å². The summed E-state index contributed by atoms with van der Waals surface area (Å²) in [6.07, 6.45) is 5.70. The third kappa shape index (κ3) is 5.55. The van der Waals surface area contributed by atoms with Crippen LogP contribution in [-0.2, 0) is 11.4 Å². The number of hydrogen-bond acceptors (Lipinski definition) is 5. The van der Waals surface area contributed by atoms with Crippen molar-refractivity contribution in [2.75, 3.05) is 20.7 Å². The number of fused-ring (bicyclic) bond motifs is 1. The van der Waals surface area contributed by atoms with Crippen LogP contribution in [0, 0.1) is 0 Å². The molecule has 2 unspecified atom stereocenters. The van der Waals surface area contributed by atoms with Crippen molar-refractivity contribution in [2.45, 2.75) is 25.6 Å². The fraction of sp³-hybridized carbons (Fsp3) is 0.259. The number of carboxylic acid groups (broad SMARTS) is 1. The molecule has 4 rings (SSSR count). The quantitative estimate of drug-likeness (QED) is 0.373. The first-order chi connectivity index (χ1) is 16.4. The van der Waals surface area contributed by atoms with E-state index in [9.17, 15) is 4.79 Å². The zero-order valence-electron chi connectivity index (χ0n) is 19.6. The van der Waals surface area contributed by atoms with Crippen LogP contribution in [0.25, 0.3) is 10.8 Å². The van der Waals surface area contributed by atoms with Crippen molar-refractivity contribution in [3.8, 4) is 11.5 Å². The topological polar surface area (TPSA) is 76.8 Å². The molecular formula is C27H29N3O4. The molecule has 7 nitrogen and oxygen atoms in total. The fourth-order valence-electron chi connectivity index (χ4n) is 3.93. The van der Waals surface area contributed by atoms with Crippen LogP contribution in [0.3, 0.4) is 0 Å². The number of aliphatic carboxylic acids is 1. The van der Waals surface area contributed by atoms with Crippen molar-refractivity contribution < 1.29 is 19.4 Å². The van der Waals surface area contributed by atoms with Crippen LogP contribution in [0.4, 0.5) is 0 Å². The lowest BCUT2D eigenvalue weighted by molar-refractivity contribution is -0.139. The van der Waals surface area contributed by atoms with Crippen molar-refractivity contribution in [1.29, 1.82) is 0 Å². The summed E-state index contributed by atoms with van der Waals surface area (Å²) in [7, 11) is 4.19. The first-order valence-corrected chi connectivity index (χ1v) is 11.1. The van der Waals surface area contributed by atoms with E-state index in [1.807, 2.05) is 43.0 Å². The van der Waals surface area contributed by atoms with Crippen LogP contribution in [0.1, 0.15) is 24.1 Å². The lowest BCUT2D eigenvalue weighted by Gasteiger charge is -2.31. The van der Waals surface area contributed by atoms with Gasteiger partial charge in [-0.3, -0.25) is 0 Å². The molecule has 0 bridgehead atoms. The highest BCUT2D eigenvalue weighted by molar-refractivity contribution is 5.84. The number of hydrogen-bond donors (Lipinski definition) is 1. The molecule has 0 amide bonds. The summed E-state index contributed by atoms with van der Waals surface area (Å²) in [5.41, 5.74) is 2.20. The average molecular weight is 460 g/mol. The number of likely N-dealkylation sites (N-methyl/N-ethyl adjacent to an activating group) is 1. The van der Waals surface area contributed by atoms with Crippen molar-refractivity contribution >= 4 is 16.7 Å². The van der Waals surface area contributed by atoms with Gasteiger partial charge in [0.1, 0.15) is 18.1 Å². The molecule has 7 heteroatoms. The van der Waals surface area contributed by atoms with Crippen LogP contribution in [0.15, 0.2) is 79.4 Å². The van der Waals surface area contributed by atoms with Gasteiger partial charge in [0.25, 0.3) is 0 Å². The zero-order valence-corrected chi connectivity index (χ0v) is 19.6. The molecular weight excluding hydrogens is 430 g/mol. The second-order valence-electron chi connectivity index (χ2n) is 8.54. The van der Waals surface area contributed by atoms with Crippen LogP contribution in [-0.4, -0.2) is 52.3 Å². The number of aromatic nitrogens is 2. The predicted octanol–water partition coefficient (Wildman–Crippen LogP) is 4.62. The third-order valence-electron chi connectivity index (χ3n) is 5.99. The smallest absolute Gasteiger partial charge is 0.341 e. The first-order valence-electron chi connectivity index (χ1n) is 11.1. The second kappa shape index (κ2) is 10.4. The highest BCUT2D eigenvalue weighted by Gasteiger charge is 2.22. The molecule has 0 fully saturated rings. The van der Waals surface area contributed by atoms with Gasteiger partial charge in [0.05, 0.1) is 12.4 Å². The first kappa shape index (κ1) is 23.3. The van der Waals surface area contributed by atoms with Gasteiger partial charge >= 0.3 is 5.97 Å². The Balaban J connectivity index is 1.47. The van der Waals surface area contributed by atoms with E-state index < -0.39 is 5.97 Å². The maximum atomic E-state index is 10.6.